The van der Waals surface area contributed by atoms with Gasteiger partial charge in [-0.05, 0) is 77.7 Å². The number of nitrogens with zero attached hydrogens (tertiary/aromatic N) is 1. The number of ether oxygens (including phenoxy) is 1. The zero-order valence-corrected chi connectivity index (χ0v) is 32.1. The van der Waals surface area contributed by atoms with E-state index in [0.29, 0.717) is 13.0 Å². The van der Waals surface area contributed by atoms with Crippen molar-refractivity contribution in [1.82, 2.24) is 10.2 Å². The summed E-state index contributed by atoms with van der Waals surface area (Å²) in [5, 5.41) is 3.65. The van der Waals surface area contributed by atoms with Crippen molar-refractivity contribution in [3.8, 4) is 0 Å². The van der Waals surface area contributed by atoms with Crippen LogP contribution in [0.5, 0.6) is 0 Å². The molecule has 0 unspecified atom stereocenters. The number of hydrogen-bond acceptors (Lipinski definition) is 4. The highest BCUT2D eigenvalue weighted by Gasteiger charge is 2.06. The second kappa shape index (κ2) is 40.6. The topological polar surface area (TPSA) is 41.6 Å². The molecule has 0 rings (SSSR count). The van der Waals surface area contributed by atoms with E-state index in [2.05, 4.69) is 31.0 Å². The molecule has 4 nitrogen and oxygen atoms in total. The van der Waals surface area contributed by atoms with Crippen LogP contribution in [0, 0.1) is 0 Å². The lowest BCUT2D eigenvalue weighted by atomic mass is 10.1. The summed E-state index contributed by atoms with van der Waals surface area (Å²) in [4.78, 5) is 14.7. The molecule has 0 heterocycles. The van der Waals surface area contributed by atoms with Crippen LogP contribution in [-0.4, -0.2) is 50.2 Å². The molecule has 0 bridgehead atoms. The third kappa shape index (κ3) is 37.8. The fourth-order valence-corrected chi connectivity index (χ4v) is 6.53. The first-order valence-corrected chi connectivity index (χ1v) is 21.3. The van der Waals surface area contributed by atoms with Crippen LogP contribution in [-0.2, 0) is 9.53 Å². The minimum Gasteiger partial charge on any atom is -0.466 e. The minimum absolute atomic E-state index is 0.0110. The van der Waals surface area contributed by atoms with Gasteiger partial charge in [0.25, 0.3) is 0 Å². The molecule has 0 spiro atoms. The van der Waals surface area contributed by atoms with Crippen LogP contribution < -0.4 is 5.32 Å². The van der Waals surface area contributed by atoms with Crippen LogP contribution in [0.15, 0.2) is 0 Å². The van der Waals surface area contributed by atoms with E-state index >= 15 is 0 Å². The lowest BCUT2D eigenvalue weighted by Crippen LogP contribution is -2.27. The Balaban J connectivity index is 3.52. The number of hydrogen-bond donors (Lipinski definition) is 1. The van der Waals surface area contributed by atoms with Gasteiger partial charge in [0.1, 0.15) is 0 Å². The Morgan fingerprint density at radius 3 is 1.15 bits per heavy atom. The van der Waals surface area contributed by atoms with E-state index in [-0.39, 0.29) is 5.97 Å². The summed E-state index contributed by atoms with van der Waals surface area (Å²) >= 11 is 0. The van der Waals surface area contributed by atoms with Crippen molar-refractivity contribution in [2.45, 2.75) is 226 Å². The molecule has 1 N–H and O–H groups in total. The Bertz CT molecular complexity index is 554. The maximum absolute atomic E-state index is 11.9. The molecule has 0 atom stereocenters. The van der Waals surface area contributed by atoms with Crippen molar-refractivity contribution >= 4 is 5.97 Å². The first-order chi connectivity index (χ1) is 22.7. The largest absolute Gasteiger partial charge is 0.466 e. The van der Waals surface area contributed by atoms with Crippen molar-refractivity contribution in [3.05, 3.63) is 0 Å². The number of esters is 1. The summed E-state index contributed by atoms with van der Waals surface area (Å²) in [6.07, 6.45) is 42.1. The Labute approximate surface area is 290 Å². The summed E-state index contributed by atoms with van der Waals surface area (Å²) in [5.41, 5.74) is 0. The van der Waals surface area contributed by atoms with Gasteiger partial charge in [0.2, 0.25) is 0 Å². The van der Waals surface area contributed by atoms with Crippen molar-refractivity contribution in [1.29, 1.82) is 0 Å². The number of carbonyl (C=O) groups excluding carboxylic acids is 1. The molecule has 0 radical (unpaired) electrons. The van der Waals surface area contributed by atoms with Gasteiger partial charge in [0.15, 0.2) is 0 Å². The van der Waals surface area contributed by atoms with Crippen molar-refractivity contribution in [3.63, 3.8) is 0 Å². The van der Waals surface area contributed by atoms with Gasteiger partial charge in [-0.3, -0.25) is 4.79 Å². The molecule has 4 heteroatoms. The van der Waals surface area contributed by atoms with Gasteiger partial charge >= 0.3 is 5.97 Å². The monoisotopic (exact) mass is 651 g/mol. The first kappa shape index (κ1) is 45.4. The van der Waals surface area contributed by atoms with Crippen molar-refractivity contribution in [2.24, 2.45) is 0 Å². The highest BCUT2D eigenvalue weighted by atomic mass is 16.5. The predicted molar refractivity (Wildman–Crippen MR) is 205 cm³/mol. The lowest BCUT2D eigenvalue weighted by molar-refractivity contribution is -0.143. The molecule has 0 aromatic heterocycles. The van der Waals surface area contributed by atoms with Gasteiger partial charge in [-0.2, -0.15) is 0 Å². The molecule has 0 amide bonds. The molecule has 0 fully saturated rings. The lowest BCUT2D eigenvalue weighted by Gasteiger charge is -2.22. The van der Waals surface area contributed by atoms with Crippen LogP contribution in [0.2, 0.25) is 0 Å². The standard InChI is InChI=1S/C42H86N2O2/c1-4-7-10-13-19-27-34-41-46-42(45)35-28-21-20-23-30-37-43-36-29-22-17-16-18-26-33-40-44(38-31-24-14-11-8-5-2)39-32-25-15-12-9-6-3/h43H,4-41H2,1-3H3. The Morgan fingerprint density at radius 2 is 0.739 bits per heavy atom. The van der Waals surface area contributed by atoms with Crippen LogP contribution >= 0.6 is 0 Å². The van der Waals surface area contributed by atoms with E-state index < -0.39 is 0 Å². The number of nitrogens with one attached hydrogen (secondary N) is 1. The fraction of sp³-hybridized carbons (Fsp3) is 0.976. The number of rotatable bonds is 40. The van der Waals surface area contributed by atoms with Crippen LogP contribution in [0.4, 0.5) is 0 Å². The average Bonchev–Trinajstić information content (AvgIpc) is 3.06. The van der Waals surface area contributed by atoms with Crippen LogP contribution in [0.25, 0.3) is 0 Å². The van der Waals surface area contributed by atoms with Gasteiger partial charge < -0.3 is 15.0 Å². The predicted octanol–water partition coefficient (Wildman–Crippen LogP) is 13.0. The van der Waals surface area contributed by atoms with Gasteiger partial charge in [-0.1, -0.05) is 175 Å². The summed E-state index contributed by atoms with van der Waals surface area (Å²) < 4.78 is 5.40. The molecule has 0 aromatic rings. The normalized spacial score (nSPS) is 11.6. The Morgan fingerprint density at radius 1 is 0.413 bits per heavy atom. The molecule has 0 aliphatic carbocycles. The zero-order valence-electron chi connectivity index (χ0n) is 32.1. The van der Waals surface area contributed by atoms with Crippen LogP contribution in [0.3, 0.4) is 0 Å². The number of unbranched alkanes of at least 4 members (excludes halogenated alkanes) is 26. The minimum atomic E-state index is 0.0110. The summed E-state index contributed by atoms with van der Waals surface area (Å²) in [6, 6.07) is 0. The summed E-state index contributed by atoms with van der Waals surface area (Å²) in [6.45, 7) is 13.8. The highest BCUT2D eigenvalue weighted by Crippen LogP contribution is 2.13. The third-order valence-corrected chi connectivity index (χ3v) is 9.73. The molecule has 0 aliphatic heterocycles. The molecule has 276 valence electrons. The maximum atomic E-state index is 11.9. The van der Waals surface area contributed by atoms with E-state index in [0.717, 1.165) is 25.8 Å². The molecule has 0 saturated carbocycles. The summed E-state index contributed by atoms with van der Waals surface area (Å²) in [7, 11) is 0. The maximum Gasteiger partial charge on any atom is 0.305 e. The van der Waals surface area contributed by atoms with Gasteiger partial charge in [0, 0.05) is 6.42 Å². The summed E-state index contributed by atoms with van der Waals surface area (Å²) in [5.74, 6) is 0.0110. The quantitative estimate of drug-likeness (QED) is 0.0529. The zero-order chi connectivity index (χ0) is 33.4. The molecular formula is C42H86N2O2. The van der Waals surface area contributed by atoms with E-state index in [9.17, 15) is 4.79 Å². The van der Waals surface area contributed by atoms with E-state index in [1.807, 2.05) is 0 Å². The van der Waals surface area contributed by atoms with Gasteiger partial charge in [-0.25, -0.2) is 0 Å². The van der Waals surface area contributed by atoms with Crippen molar-refractivity contribution < 1.29 is 9.53 Å². The smallest absolute Gasteiger partial charge is 0.305 e. The average molecular weight is 651 g/mol. The first-order valence-electron chi connectivity index (χ1n) is 21.3. The highest BCUT2D eigenvalue weighted by molar-refractivity contribution is 5.69. The van der Waals surface area contributed by atoms with Crippen molar-refractivity contribution in [2.75, 3.05) is 39.3 Å². The number of carbonyl (C=O) groups is 1. The molecule has 0 aliphatic rings. The van der Waals surface area contributed by atoms with Gasteiger partial charge in [0.05, 0.1) is 6.61 Å². The van der Waals surface area contributed by atoms with E-state index in [1.165, 1.54) is 206 Å². The Hall–Kier alpha value is -0.610. The fourth-order valence-electron chi connectivity index (χ4n) is 6.53. The molecular weight excluding hydrogens is 564 g/mol. The second-order valence-corrected chi connectivity index (χ2v) is 14.5. The van der Waals surface area contributed by atoms with Crippen LogP contribution in [0.1, 0.15) is 226 Å². The SMILES string of the molecule is CCCCCCCCCOC(=O)CCCCCCCNCCCCCCCCCN(CCCCCCCC)CCCCCCCC. The molecule has 0 saturated heterocycles. The van der Waals surface area contributed by atoms with E-state index in [1.54, 1.807) is 0 Å². The van der Waals surface area contributed by atoms with E-state index in [4.69, 9.17) is 4.74 Å². The third-order valence-electron chi connectivity index (χ3n) is 9.73. The second-order valence-electron chi connectivity index (χ2n) is 14.5. The molecule has 0 aromatic carbocycles. The Kier molecular flexibility index (Phi) is 40.0. The van der Waals surface area contributed by atoms with Gasteiger partial charge in [-0.15, -0.1) is 0 Å². The molecule has 46 heavy (non-hydrogen) atoms.